The lowest BCUT2D eigenvalue weighted by Gasteiger charge is -2.00. The number of nitrogens with one attached hydrogen (secondary N) is 1. The van der Waals surface area contributed by atoms with Gasteiger partial charge >= 0.3 is 0 Å². The lowest BCUT2D eigenvalue weighted by atomic mass is 10.4. The monoisotopic (exact) mass is 235 g/mol. The van der Waals surface area contributed by atoms with Crippen LogP contribution in [0.1, 0.15) is 0 Å². The first-order chi connectivity index (χ1) is 4.33. The van der Waals surface area contributed by atoms with Crippen molar-refractivity contribution in [3.05, 3.63) is 21.9 Å². The second kappa shape index (κ2) is 3.06. The standard InChI is InChI=1S/C7H10IN/c1-8-5-3-4-7(6-8)9-2/h3-6,9H,1H2,2H3. The molecule has 0 saturated carbocycles. The van der Waals surface area contributed by atoms with Gasteiger partial charge in [-0.3, -0.25) is 0 Å². The third-order valence-electron chi connectivity index (χ3n) is 1.06. The largest absolute Gasteiger partial charge is 0.388 e. The van der Waals surface area contributed by atoms with Gasteiger partial charge in [0.05, 0.1) is 0 Å². The van der Waals surface area contributed by atoms with Crippen LogP contribution in [0.3, 0.4) is 0 Å². The highest BCUT2D eigenvalue weighted by Crippen LogP contribution is 2.13. The number of hydrogen-bond donors (Lipinski definition) is 1. The lowest BCUT2D eigenvalue weighted by Crippen LogP contribution is -2.06. The molecule has 0 amide bonds. The fourth-order valence-corrected chi connectivity index (χ4v) is 2.92. The predicted octanol–water partition coefficient (Wildman–Crippen LogP) is 1.36. The Labute approximate surface area is 61.8 Å². The van der Waals surface area contributed by atoms with Crippen molar-refractivity contribution < 1.29 is 0 Å². The van der Waals surface area contributed by atoms with Crippen LogP contribution in [0.5, 0.6) is 0 Å². The number of rotatable bonds is 1. The van der Waals surface area contributed by atoms with E-state index in [2.05, 4.69) is 30.1 Å². The molecule has 1 heterocycles. The van der Waals surface area contributed by atoms with Gasteiger partial charge in [0.15, 0.2) is 0 Å². The summed E-state index contributed by atoms with van der Waals surface area (Å²) >= 11 is -1.01. The van der Waals surface area contributed by atoms with Crippen LogP contribution >= 0.6 is 18.9 Å². The Balaban J connectivity index is 2.91. The van der Waals surface area contributed by atoms with Gasteiger partial charge in [-0.15, -0.1) is 18.9 Å². The minimum atomic E-state index is -1.01. The van der Waals surface area contributed by atoms with Crippen LogP contribution in [0.4, 0.5) is 0 Å². The van der Waals surface area contributed by atoms with E-state index >= 15 is 0 Å². The fourth-order valence-electron chi connectivity index (χ4n) is 0.595. The molecule has 1 aliphatic rings. The Morgan fingerprint density at radius 2 is 2.44 bits per heavy atom. The van der Waals surface area contributed by atoms with Gasteiger partial charge in [-0.25, -0.2) is 0 Å². The maximum Gasteiger partial charge on any atom is 0.0391 e. The second-order valence-electron chi connectivity index (χ2n) is 1.73. The van der Waals surface area contributed by atoms with Crippen LogP contribution in [0, 0.1) is 0 Å². The Bertz CT molecular complexity index is 229. The van der Waals surface area contributed by atoms with Crippen molar-refractivity contribution in [2.24, 2.45) is 0 Å². The summed E-state index contributed by atoms with van der Waals surface area (Å²) in [5, 5.41) is 3.09. The van der Waals surface area contributed by atoms with E-state index in [0.717, 1.165) is 0 Å². The van der Waals surface area contributed by atoms with E-state index in [9.17, 15) is 0 Å². The SMILES string of the molecule is C=I1=CC(NC)=CC=C1. The Morgan fingerprint density at radius 3 is 2.89 bits per heavy atom. The molecule has 0 aromatic rings. The van der Waals surface area contributed by atoms with Crippen molar-refractivity contribution in [2.45, 2.75) is 0 Å². The molecule has 0 aromatic carbocycles. The van der Waals surface area contributed by atoms with Gasteiger partial charge in [0, 0.05) is 12.7 Å². The first-order valence-corrected chi connectivity index (χ1v) is 6.71. The molecular formula is C7H10IN. The summed E-state index contributed by atoms with van der Waals surface area (Å²) in [7, 11) is 1.94. The normalized spacial score (nSPS) is 18.6. The average molecular weight is 235 g/mol. The third-order valence-corrected chi connectivity index (χ3v) is 3.87. The van der Waals surface area contributed by atoms with E-state index in [0.29, 0.717) is 0 Å². The predicted molar refractivity (Wildman–Crippen MR) is 53.5 cm³/mol. The zero-order valence-electron chi connectivity index (χ0n) is 5.39. The summed E-state index contributed by atoms with van der Waals surface area (Å²) in [6, 6.07) is 0. The smallest absolute Gasteiger partial charge is 0.0391 e. The van der Waals surface area contributed by atoms with Gasteiger partial charge in [-0.2, -0.15) is 0 Å². The maximum absolute atomic E-state index is 4.03. The minimum absolute atomic E-state index is 1.01. The van der Waals surface area contributed by atoms with Gasteiger partial charge < -0.3 is 5.32 Å². The highest BCUT2D eigenvalue weighted by Gasteiger charge is 1.86. The van der Waals surface area contributed by atoms with E-state index in [1.807, 2.05) is 7.05 Å². The summed E-state index contributed by atoms with van der Waals surface area (Å²) in [6.45, 7) is 0. The van der Waals surface area contributed by atoms with Crippen LogP contribution in [-0.2, 0) is 0 Å². The summed E-state index contributed by atoms with van der Waals surface area (Å²) in [4.78, 5) is 0. The molecule has 9 heavy (non-hydrogen) atoms. The molecule has 0 fully saturated rings. The molecule has 50 valence electrons. The van der Waals surface area contributed by atoms with Crippen molar-refractivity contribution in [3.63, 3.8) is 0 Å². The third kappa shape index (κ3) is 1.86. The zero-order valence-corrected chi connectivity index (χ0v) is 7.55. The van der Waals surface area contributed by atoms with Crippen LogP contribution in [-0.4, -0.2) is 15.6 Å². The summed E-state index contributed by atoms with van der Waals surface area (Å²) in [5.41, 5.74) is 1.22. The van der Waals surface area contributed by atoms with Gasteiger partial charge in [-0.1, -0.05) is 10.6 Å². The van der Waals surface area contributed by atoms with Gasteiger partial charge in [-0.05, 0) is 14.2 Å². The molecule has 0 radical (unpaired) electrons. The molecule has 0 bridgehead atoms. The van der Waals surface area contributed by atoms with Gasteiger partial charge in [0.25, 0.3) is 0 Å². The van der Waals surface area contributed by atoms with Gasteiger partial charge in [0.2, 0.25) is 0 Å². The summed E-state index contributed by atoms with van der Waals surface area (Å²) in [5.74, 6) is 0. The first kappa shape index (κ1) is 6.86. The van der Waals surface area contributed by atoms with Crippen LogP contribution < -0.4 is 5.32 Å². The van der Waals surface area contributed by atoms with E-state index in [1.54, 1.807) is 0 Å². The van der Waals surface area contributed by atoms with Crippen molar-refractivity contribution in [1.29, 1.82) is 0 Å². The van der Waals surface area contributed by atoms with Crippen molar-refractivity contribution in [1.82, 2.24) is 5.32 Å². The second-order valence-corrected chi connectivity index (χ2v) is 5.56. The molecule has 1 rings (SSSR count). The Morgan fingerprint density at radius 1 is 1.67 bits per heavy atom. The topological polar surface area (TPSA) is 12.0 Å². The molecule has 0 aliphatic carbocycles. The van der Waals surface area contributed by atoms with E-state index < -0.39 is 18.9 Å². The highest BCUT2D eigenvalue weighted by atomic mass is 127. The molecule has 1 nitrogen and oxygen atoms in total. The Hall–Kier alpha value is -0.250. The minimum Gasteiger partial charge on any atom is -0.388 e. The molecule has 0 aromatic heterocycles. The van der Waals surface area contributed by atoms with Crippen LogP contribution in [0.2, 0.25) is 0 Å². The quantitative estimate of drug-likeness (QED) is 0.676. The highest BCUT2D eigenvalue weighted by molar-refractivity contribution is 14.2. The number of hydrogen-bond acceptors (Lipinski definition) is 1. The molecule has 0 atom stereocenters. The maximum atomic E-state index is 4.03. The molecule has 1 aliphatic heterocycles. The molecular weight excluding hydrogens is 225 g/mol. The molecule has 0 unspecified atom stereocenters. The molecule has 2 heteroatoms. The van der Waals surface area contributed by atoms with Gasteiger partial charge in [0.1, 0.15) is 0 Å². The summed E-state index contributed by atoms with van der Waals surface area (Å²) in [6.07, 6.45) is 4.16. The van der Waals surface area contributed by atoms with Crippen molar-refractivity contribution >= 4 is 27.4 Å². The van der Waals surface area contributed by atoms with Crippen LogP contribution in [0.15, 0.2) is 21.9 Å². The van der Waals surface area contributed by atoms with Crippen LogP contribution in [0.25, 0.3) is 0 Å². The first-order valence-electron chi connectivity index (χ1n) is 2.70. The lowest BCUT2D eigenvalue weighted by molar-refractivity contribution is 1.07. The molecule has 0 spiro atoms. The van der Waals surface area contributed by atoms with Crippen molar-refractivity contribution in [3.8, 4) is 0 Å². The number of halogens is 1. The van der Waals surface area contributed by atoms with E-state index in [-0.39, 0.29) is 0 Å². The van der Waals surface area contributed by atoms with Crippen molar-refractivity contribution in [2.75, 3.05) is 7.05 Å². The molecule has 1 N–H and O–H groups in total. The average Bonchev–Trinajstić information content (AvgIpc) is 1.88. The fraction of sp³-hybridized carbons (Fsp3) is 0.143. The van der Waals surface area contributed by atoms with E-state index in [1.165, 1.54) is 5.70 Å². The van der Waals surface area contributed by atoms with E-state index in [4.69, 9.17) is 0 Å². The zero-order chi connectivity index (χ0) is 6.69. The Kier molecular flexibility index (Phi) is 2.33. The number of allylic oxidation sites excluding steroid dienone is 3. The molecule has 0 saturated heterocycles. The summed E-state index contributed by atoms with van der Waals surface area (Å²) < 4.78 is 8.48.